The Morgan fingerprint density at radius 1 is 1.04 bits per heavy atom. The Morgan fingerprint density at radius 2 is 1.74 bits per heavy atom. The highest BCUT2D eigenvalue weighted by Crippen LogP contribution is 2.26. The number of ether oxygens (including phenoxy) is 1. The number of fused-ring (bicyclic) bond motifs is 1. The van der Waals surface area contributed by atoms with Gasteiger partial charge in [0.15, 0.2) is 6.10 Å². The zero-order chi connectivity index (χ0) is 16.4. The van der Waals surface area contributed by atoms with Crippen LogP contribution in [0.25, 0.3) is 10.1 Å². The number of carbonyl (C=O) groups is 2. The van der Waals surface area contributed by atoms with E-state index >= 15 is 0 Å². The van der Waals surface area contributed by atoms with E-state index in [9.17, 15) is 9.59 Å². The van der Waals surface area contributed by atoms with Gasteiger partial charge in [-0.15, -0.1) is 11.3 Å². The van der Waals surface area contributed by atoms with Crippen LogP contribution in [0, 0.1) is 6.92 Å². The number of rotatable bonds is 4. The third kappa shape index (κ3) is 3.32. The van der Waals surface area contributed by atoms with Crippen LogP contribution in [0.1, 0.15) is 32.5 Å². The normalized spacial score (nSPS) is 12.1. The van der Waals surface area contributed by atoms with Gasteiger partial charge in [0, 0.05) is 10.3 Å². The van der Waals surface area contributed by atoms with Crippen LogP contribution in [0.4, 0.5) is 0 Å². The smallest absolute Gasteiger partial charge is 0.349 e. The minimum Gasteiger partial charge on any atom is -0.450 e. The third-order valence-corrected chi connectivity index (χ3v) is 4.71. The quantitative estimate of drug-likeness (QED) is 0.519. The number of thiophene rings is 1. The molecule has 116 valence electrons. The molecule has 0 aliphatic rings. The molecule has 4 heteroatoms. The maximum absolute atomic E-state index is 12.3. The van der Waals surface area contributed by atoms with Gasteiger partial charge in [-0.2, -0.15) is 0 Å². The fourth-order valence-corrected chi connectivity index (χ4v) is 3.25. The molecule has 1 atom stereocenters. The van der Waals surface area contributed by atoms with Gasteiger partial charge in [-0.05, 0) is 31.4 Å². The molecule has 0 unspecified atom stereocenters. The molecular weight excluding hydrogens is 308 g/mol. The lowest BCUT2D eigenvalue weighted by Crippen LogP contribution is -2.24. The van der Waals surface area contributed by atoms with Crippen molar-refractivity contribution < 1.29 is 14.3 Å². The number of hydrogen-bond acceptors (Lipinski definition) is 4. The van der Waals surface area contributed by atoms with Gasteiger partial charge in [-0.1, -0.05) is 48.0 Å². The molecule has 0 fully saturated rings. The molecule has 0 spiro atoms. The van der Waals surface area contributed by atoms with Gasteiger partial charge in [0.2, 0.25) is 5.78 Å². The van der Waals surface area contributed by atoms with Gasteiger partial charge in [0.1, 0.15) is 4.88 Å². The monoisotopic (exact) mass is 324 g/mol. The van der Waals surface area contributed by atoms with Crippen LogP contribution >= 0.6 is 11.3 Å². The number of Topliss-reactive ketones (excluding diaryl/α,β-unsaturated/α-hetero) is 1. The molecule has 0 N–H and O–H groups in total. The van der Waals surface area contributed by atoms with E-state index in [-0.39, 0.29) is 5.78 Å². The molecule has 23 heavy (non-hydrogen) atoms. The number of ketones is 1. The summed E-state index contributed by atoms with van der Waals surface area (Å²) < 4.78 is 6.36. The summed E-state index contributed by atoms with van der Waals surface area (Å²) in [6.45, 7) is 3.56. The largest absolute Gasteiger partial charge is 0.450 e. The number of esters is 1. The third-order valence-electron chi connectivity index (χ3n) is 3.62. The number of carbonyl (C=O) groups excluding carboxylic acids is 2. The van der Waals surface area contributed by atoms with E-state index in [0.717, 1.165) is 15.6 Å². The maximum Gasteiger partial charge on any atom is 0.349 e. The molecule has 0 saturated heterocycles. The molecule has 0 amide bonds. The van der Waals surface area contributed by atoms with Crippen LogP contribution in [0.15, 0.2) is 54.6 Å². The zero-order valence-electron chi connectivity index (χ0n) is 12.9. The Hall–Kier alpha value is -2.46. The van der Waals surface area contributed by atoms with Crippen LogP contribution in [0.2, 0.25) is 0 Å². The molecule has 3 nitrogen and oxygen atoms in total. The molecule has 0 bridgehead atoms. The first kappa shape index (κ1) is 15.4. The predicted molar refractivity (Wildman–Crippen MR) is 92.2 cm³/mol. The van der Waals surface area contributed by atoms with Crippen molar-refractivity contribution in [3.8, 4) is 0 Å². The second-order valence-electron chi connectivity index (χ2n) is 5.43. The van der Waals surface area contributed by atoms with Crippen LogP contribution in [0.5, 0.6) is 0 Å². The van der Waals surface area contributed by atoms with Crippen LogP contribution in [-0.2, 0) is 4.74 Å². The van der Waals surface area contributed by atoms with Gasteiger partial charge in [-0.3, -0.25) is 4.79 Å². The topological polar surface area (TPSA) is 43.4 Å². The van der Waals surface area contributed by atoms with Crippen LogP contribution in [0.3, 0.4) is 0 Å². The molecule has 1 heterocycles. The fraction of sp³-hybridized carbons (Fsp3) is 0.158. The first-order valence-corrected chi connectivity index (χ1v) is 8.16. The lowest BCUT2D eigenvalue weighted by Gasteiger charge is -2.11. The van der Waals surface area contributed by atoms with Crippen LogP contribution in [-0.4, -0.2) is 17.9 Å². The van der Waals surface area contributed by atoms with Crippen molar-refractivity contribution in [2.24, 2.45) is 0 Å². The minimum absolute atomic E-state index is 0.195. The van der Waals surface area contributed by atoms with Gasteiger partial charge in [-0.25, -0.2) is 4.79 Å². The summed E-state index contributed by atoms with van der Waals surface area (Å²) >= 11 is 1.37. The minimum atomic E-state index is -0.810. The Balaban J connectivity index is 1.73. The highest BCUT2D eigenvalue weighted by Gasteiger charge is 2.21. The van der Waals surface area contributed by atoms with E-state index < -0.39 is 12.1 Å². The fourth-order valence-electron chi connectivity index (χ4n) is 2.31. The molecule has 0 aliphatic heterocycles. The summed E-state index contributed by atoms with van der Waals surface area (Å²) in [6, 6.07) is 16.8. The van der Waals surface area contributed by atoms with Crippen molar-refractivity contribution >= 4 is 33.2 Å². The van der Waals surface area contributed by atoms with Gasteiger partial charge < -0.3 is 4.74 Å². The molecule has 3 aromatic rings. The van der Waals surface area contributed by atoms with Crippen molar-refractivity contribution in [2.45, 2.75) is 20.0 Å². The predicted octanol–water partition coefficient (Wildman–Crippen LogP) is 4.64. The number of aryl methyl sites for hydroxylation is 1. The molecule has 1 aromatic heterocycles. The summed E-state index contributed by atoms with van der Waals surface area (Å²) in [7, 11) is 0. The average Bonchev–Trinajstić information content (AvgIpc) is 2.99. The number of benzene rings is 2. The van der Waals surface area contributed by atoms with Gasteiger partial charge in [0.05, 0.1) is 0 Å². The highest BCUT2D eigenvalue weighted by atomic mass is 32.1. The molecular formula is C19H16O3S. The lowest BCUT2D eigenvalue weighted by molar-refractivity contribution is 0.0323. The molecule has 0 aliphatic carbocycles. The second-order valence-corrected chi connectivity index (χ2v) is 6.51. The van der Waals surface area contributed by atoms with E-state index in [1.165, 1.54) is 11.3 Å². The van der Waals surface area contributed by atoms with Crippen molar-refractivity contribution in [1.29, 1.82) is 0 Å². The second kappa shape index (κ2) is 6.34. The Bertz CT molecular complexity index is 829. The highest BCUT2D eigenvalue weighted by molar-refractivity contribution is 7.20. The first-order valence-electron chi connectivity index (χ1n) is 7.35. The van der Waals surface area contributed by atoms with E-state index in [0.29, 0.717) is 10.4 Å². The standard InChI is InChI=1S/C19H16O3S/c1-12-7-9-14(10-8-12)18(20)13(2)22-19(21)17-11-15-5-3-4-6-16(15)23-17/h3-11,13H,1-2H3/t13-/m0/s1. The Kier molecular flexibility index (Phi) is 4.26. The van der Waals surface area contributed by atoms with Gasteiger partial charge in [0.25, 0.3) is 0 Å². The molecule has 0 radical (unpaired) electrons. The van der Waals surface area contributed by atoms with Crippen LogP contribution < -0.4 is 0 Å². The first-order chi connectivity index (χ1) is 11.0. The van der Waals surface area contributed by atoms with E-state index in [1.54, 1.807) is 25.1 Å². The maximum atomic E-state index is 12.3. The van der Waals surface area contributed by atoms with E-state index in [4.69, 9.17) is 4.74 Å². The summed E-state index contributed by atoms with van der Waals surface area (Å²) in [5, 5.41) is 1.00. The van der Waals surface area contributed by atoms with E-state index in [2.05, 4.69) is 0 Å². The summed E-state index contributed by atoms with van der Waals surface area (Å²) in [6.07, 6.45) is -0.810. The van der Waals surface area contributed by atoms with Crippen molar-refractivity contribution in [3.05, 3.63) is 70.6 Å². The van der Waals surface area contributed by atoms with Crippen molar-refractivity contribution in [1.82, 2.24) is 0 Å². The zero-order valence-corrected chi connectivity index (χ0v) is 13.7. The summed E-state index contributed by atoms with van der Waals surface area (Å²) in [5.41, 5.74) is 1.63. The van der Waals surface area contributed by atoms with E-state index in [1.807, 2.05) is 43.3 Å². The lowest BCUT2D eigenvalue weighted by atomic mass is 10.1. The number of hydrogen-bond donors (Lipinski definition) is 0. The van der Waals surface area contributed by atoms with Gasteiger partial charge >= 0.3 is 5.97 Å². The SMILES string of the molecule is Cc1ccc(C(=O)[C@H](C)OC(=O)c2cc3ccccc3s2)cc1. The average molecular weight is 324 g/mol. The van der Waals surface area contributed by atoms with Crippen molar-refractivity contribution in [2.75, 3.05) is 0 Å². The van der Waals surface area contributed by atoms with Crippen molar-refractivity contribution in [3.63, 3.8) is 0 Å². The molecule has 0 saturated carbocycles. The molecule has 3 rings (SSSR count). The summed E-state index contributed by atoms with van der Waals surface area (Å²) in [4.78, 5) is 25.1. The Labute approximate surface area is 138 Å². The molecule has 2 aromatic carbocycles. The summed E-state index contributed by atoms with van der Waals surface area (Å²) in [5.74, 6) is -0.654. The Morgan fingerprint density at radius 3 is 2.43 bits per heavy atom.